The number of fused-ring (bicyclic) bond motifs is 1. The molecule has 1 aliphatic heterocycles. The van der Waals surface area contributed by atoms with Crippen molar-refractivity contribution in [3.05, 3.63) is 48.5 Å². The number of carboxylic acids is 1. The van der Waals surface area contributed by atoms with E-state index in [4.69, 9.17) is 9.57 Å². The number of benzene rings is 1. The Balaban J connectivity index is 1.67. The molecule has 3 heterocycles. The Morgan fingerprint density at radius 3 is 2.60 bits per heavy atom. The summed E-state index contributed by atoms with van der Waals surface area (Å²) >= 11 is 0. The summed E-state index contributed by atoms with van der Waals surface area (Å²) in [5.74, 6) is -1.25. The van der Waals surface area contributed by atoms with Crippen LogP contribution >= 0.6 is 0 Å². The first-order chi connectivity index (χ1) is 14.5. The summed E-state index contributed by atoms with van der Waals surface area (Å²) in [7, 11) is 0. The van der Waals surface area contributed by atoms with Gasteiger partial charge in [0.1, 0.15) is 30.2 Å². The molecule has 1 saturated heterocycles. The zero-order valence-corrected chi connectivity index (χ0v) is 15.4. The van der Waals surface area contributed by atoms with Crippen LogP contribution in [0.2, 0.25) is 0 Å². The number of aromatic nitrogens is 4. The average Bonchev–Trinajstić information content (AvgIpc) is 3.23. The van der Waals surface area contributed by atoms with Gasteiger partial charge in [-0.3, -0.25) is 0 Å². The highest BCUT2D eigenvalue weighted by molar-refractivity contribution is 5.82. The lowest BCUT2D eigenvalue weighted by Crippen LogP contribution is -2.61. The molecule has 2 aromatic heterocycles. The number of ether oxygens (including phenoxy) is 1. The molecule has 0 aliphatic carbocycles. The number of aromatic amines is 1. The van der Waals surface area contributed by atoms with Crippen molar-refractivity contribution in [2.75, 3.05) is 5.06 Å². The molecule has 0 radical (unpaired) electrons. The number of hydrogen-bond donors (Lipinski definition) is 5. The molecule has 5 N–H and O–H groups in total. The van der Waals surface area contributed by atoms with Crippen LogP contribution in [0, 0.1) is 0 Å². The molecule has 5 atom stereocenters. The van der Waals surface area contributed by atoms with Gasteiger partial charge in [0.05, 0.1) is 12.9 Å². The van der Waals surface area contributed by atoms with Crippen molar-refractivity contribution in [1.82, 2.24) is 19.9 Å². The lowest BCUT2D eigenvalue weighted by atomic mass is 9.99. The van der Waals surface area contributed by atoms with E-state index in [0.717, 1.165) is 5.56 Å². The molecule has 158 valence electrons. The van der Waals surface area contributed by atoms with Crippen molar-refractivity contribution >= 4 is 23.0 Å². The van der Waals surface area contributed by atoms with Gasteiger partial charge < -0.3 is 30.1 Å². The second kappa shape index (κ2) is 8.30. The maximum Gasteiger partial charge on any atom is 0.335 e. The van der Waals surface area contributed by atoms with Crippen LogP contribution in [0.25, 0.3) is 11.2 Å². The number of nitrogens with one attached hydrogen (secondary N) is 1. The summed E-state index contributed by atoms with van der Waals surface area (Å²) in [4.78, 5) is 32.3. The fourth-order valence-electron chi connectivity index (χ4n) is 3.12. The summed E-state index contributed by atoms with van der Waals surface area (Å²) in [6, 6.07) is 9.16. The van der Waals surface area contributed by atoms with E-state index in [0.29, 0.717) is 11.2 Å². The zero-order chi connectivity index (χ0) is 21.3. The van der Waals surface area contributed by atoms with Crippen LogP contribution in [-0.2, 0) is 20.9 Å². The number of aliphatic hydroxyl groups is 3. The van der Waals surface area contributed by atoms with Crippen LogP contribution in [0.4, 0.5) is 5.82 Å². The van der Waals surface area contributed by atoms with Gasteiger partial charge in [-0.15, -0.1) is 0 Å². The van der Waals surface area contributed by atoms with Crippen LogP contribution in [0.3, 0.4) is 0 Å². The molecule has 30 heavy (non-hydrogen) atoms. The quantitative estimate of drug-likeness (QED) is 0.317. The fraction of sp³-hybridized carbons (Fsp3) is 0.333. The molecule has 0 amide bonds. The Hall–Kier alpha value is -3.16. The summed E-state index contributed by atoms with van der Waals surface area (Å²) in [5, 5.41) is 40.8. The summed E-state index contributed by atoms with van der Waals surface area (Å²) in [6.45, 7) is 0.134. The molecule has 0 bridgehead atoms. The molecule has 1 fully saturated rings. The molecule has 0 unspecified atom stereocenters. The van der Waals surface area contributed by atoms with Gasteiger partial charge in [0.25, 0.3) is 0 Å². The van der Waals surface area contributed by atoms with Gasteiger partial charge >= 0.3 is 5.97 Å². The number of carboxylic acid groups (broad SMARTS) is 1. The number of aliphatic carboxylic acids is 1. The molecule has 0 spiro atoms. The van der Waals surface area contributed by atoms with Crippen molar-refractivity contribution in [2.45, 2.75) is 37.3 Å². The lowest BCUT2D eigenvalue weighted by Gasteiger charge is -2.40. The van der Waals surface area contributed by atoms with Gasteiger partial charge in [0.15, 0.2) is 17.6 Å². The smallest absolute Gasteiger partial charge is 0.335 e. The zero-order valence-electron chi connectivity index (χ0n) is 15.4. The summed E-state index contributed by atoms with van der Waals surface area (Å²) in [6.07, 6.45) is -6.01. The molecule has 1 aliphatic rings. The Morgan fingerprint density at radius 2 is 1.87 bits per heavy atom. The second-order valence-corrected chi connectivity index (χ2v) is 6.66. The number of imidazole rings is 1. The Kier molecular flexibility index (Phi) is 5.57. The second-order valence-electron chi connectivity index (χ2n) is 6.66. The van der Waals surface area contributed by atoms with E-state index in [1.165, 1.54) is 17.7 Å². The van der Waals surface area contributed by atoms with E-state index in [2.05, 4.69) is 19.9 Å². The number of hydroxylamine groups is 1. The predicted molar refractivity (Wildman–Crippen MR) is 99.7 cm³/mol. The van der Waals surface area contributed by atoms with E-state index in [1.807, 2.05) is 30.3 Å². The first kappa shape index (κ1) is 20.1. The van der Waals surface area contributed by atoms with Gasteiger partial charge in [-0.1, -0.05) is 30.3 Å². The maximum absolute atomic E-state index is 11.4. The first-order valence-corrected chi connectivity index (χ1v) is 9.00. The molecular weight excluding hydrogens is 398 g/mol. The van der Waals surface area contributed by atoms with Crippen LogP contribution in [0.5, 0.6) is 0 Å². The van der Waals surface area contributed by atoms with Gasteiger partial charge in [0, 0.05) is 0 Å². The third-order valence-corrected chi connectivity index (χ3v) is 4.65. The molecule has 1 aromatic carbocycles. The van der Waals surface area contributed by atoms with Crippen LogP contribution < -0.4 is 5.06 Å². The minimum Gasteiger partial charge on any atom is -0.479 e. The van der Waals surface area contributed by atoms with E-state index < -0.39 is 36.7 Å². The van der Waals surface area contributed by atoms with Crippen LogP contribution in [0.15, 0.2) is 43.0 Å². The molecule has 12 nitrogen and oxygen atoms in total. The number of H-pyrrole nitrogens is 1. The molecule has 12 heteroatoms. The van der Waals surface area contributed by atoms with Gasteiger partial charge in [0.2, 0.25) is 6.29 Å². The average molecular weight is 417 g/mol. The fourth-order valence-corrected chi connectivity index (χ4v) is 3.12. The van der Waals surface area contributed by atoms with E-state index in [9.17, 15) is 25.2 Å². The molecule has 4 rings (SSSR count). The van der Waals surface area contributed by atoms with E-state index in [-0.39, 0.29) is 12.4 Å². The minimum atomic E-state index is -1.82. The molecule has 0 saturated carbocycles. The highest BCUT2D eigenvalue weighted by atomic mass is 16.8. The number of aliphatic hydroxyl groups excluding tert-OH is 3. The normalized spacial score (nSPS) is 26.6. The standard InChI is InChI=1S/C18H19N5O7/c24-11-12(25)14(17(27)28)29-18(13(11)26)30-23(6-9-4-2-1-3-5-9)16-10-15(20-7-19-10)21-8-22-16/h1-5,7-8,11-14,18,24-26H,6H2,(H,27,28)(H,19,20,21,22)/t11-,12-,13+,14-,18-/m0/s1. The maximum atomic E-state index is 11.4. The highest BCUT2D eigenvalue weighted by Gasteiger charge is 2.48. The third kappa shape index (κ3) is 3.81. The topological polar surface area (TPSA) is 174 Å². The highest BCUT2D eigenvalue weighted by Crippen LogP contribution is 2.28. The predicted octanol–water partition coefficient (Wildman–Crippen LogP) is -0.817. The Bertz CT molecular complexity index is 1020. The largest absolute Gasteiger partial charge is 0.479 e. The van der Waals surface area contributed by atoms with E-state index in [1.54, 1.807) is 0 Å². The van der Waals surface area contributed by atoms with Crippen LogP contribution in [0.1, 0.15) is 5.56 Å². The number of rotatable bonds is 6. The van der Waals surface area contributed by atoms with Crippen molar-refractivity contribution in [3.63, 3.8) is 0 Å². The van der Waals surface area contributed by atoms with Gasteiger partial charge in [-0.25, -0.2) is 29.6 Å². The Labute approximate surface area is 169 Å². The Morgan fingerprint density at radius 1 is 1.10 bits per heavy atom. The van der Waals surface area contributed by atoms with Gasteiger partial charge in [-0.2, -0.15) is 0 Å². The summed E-state index contributed by atoms with van der Waals surface area (Å²) in [5.41, 5.74) is 1.61. The lowest BCUT2D eigenvalue weighted by molar-refractivity contribution is -0.297. The van der Waals surface area contributed by atoms with Crippen molar-refractivity contribution < 1.29 is 34.8 Å². The van der Waals surface area contributed by atoms with Crippen molar-refractivity contribution in [1.29, 1.82) is 0 Å². The minimum absolute atomic E-state index is 0.134. The monoisotopic (exact) mass is 417 g/mol. The van der Waals surface area contributed by atoms with Gasteiger partial charge in [-0.05, 0) is 5.56 Å². The SMILES string of the molecule is O=C(O)[C@H]1O[C@@H](ON(Cc2ccccc2)c2ncnc3nc[nH]c23)[C@H](O)[C@@H](O)[C@@H]1O. The molecular formula is C18H19N5O7. The van der Waals surface area contributed by atoms with Crippen LogP contribution in [-0.4, -0.2) is 77.0 Å². The first-order valence-electron chi connectivity index (χ1n) is 9.00. The number of anilines is 1. The van der Waals surface area contributed by atoms with Crippen molar-refractivity contribution in [3.8, 4) is 0 Å². The number of hydrogen-bond acceptors (Lipinski definition) is 10. The third-order valence-electron chi connectivity index (χ3n) is 4.65. The van der Waals surface area contributed by atoms with Crippen molar-refractivity contribution in [2.24, 2.45) is 0 Å². The summed E-state index contributed by atoms with van der Waals surface area (Å²) < 4.78 is 5.23. The van der Waals surface area contributed by atoms with E-state index >= 15 is 0 Å². The molecule has 3 aromatic rings. The number of nitrogens with zero attached hydrogens (tertiary/aromatic N) is 4. The number of carbonyl (C=O) groups is 1.